The van der Waals surface area contributed by atoms with E-state index >= 15 is 0 Å². The van der Waals surface area contributed by atoms with E-state index in [1.807, 2.05) is 12.2 Å². The molecule has 1 aliphatic heterocycles. The number of hydrogen-bond acceptors (Lipinski definition) is 4. The van der Waals surface area contributed by atoms with Crippen LogP contribution in [0.25, 0.3) is 0 Å². The van der Waals surface area contributed by atoms with E-state index in [4.69, 9.17) is 4.74 Å². The first kappa shape index (κ1) is 15.5. The van der Waals surface area contributed by atoms with Crippen LogP contribution in [0.15, 0.2) is 12.2 Å². The smallest absolute Gasteiger partial charge is 0.310 e. The van der Waals surface area contributed by atoms with E-state index in [9.17, 15) is 19.5 Å². The number of aliphatic carboxylic acids is 1. The van der Waals surface area contributed by atoms with Crippen LogP contribution in [0.2, 0.25) is 0 Å². The third-order valence-electron chi connectivity index (χ3n) is 4.33. The zero-order valence-electron chi connectivity index (χ0n) is 12.2. The van der Waals surface area contributed by atoms with E-state index < -0.39 is 17.8 Å². The fraction of sp³-hybridized carbons (Fsp3) is 0.667. The second-order valence-electron chi connectivity index (χ2n) is 5.64. The molecule has 0 aromatic heterocycles. The molecule has 6 nitrogen and oxygen atoms in total. The Morgan fingerprint density at radius 2 is 1.86 bits per heavy atom. The summed E-state index contributed by atoms with van der Waals surface area (Å²) in [5.74, 6) is -2.87. The number of methoxy groups -OCH3 is 1. The first-order valence-corrected chi connectivity index (χ1v) is 7.29. The molecule has 6 heteroatoms. The molecule has 0 radical (unpaired) electrons. The largest absolute Gasteiger partial charge is 0.481 e. The van der Waals surface area contributed by atoms with Crippen molar-refractivity contribution >= 4 is 17.8 Å². The second kappa shape index (κ2) is 6.74. The summed E-state index contributed by atoms with van der Waals surface area (Å²) in [6, 6.07) is 0. The highest BCUT2D eigenvalue weighted by atomic mass is 16.5. The van der Waals surface area contributed by atoms with Crippen LogP contribution in [-0.4, -0.2) is 48.1 Å². The van der Waals surface area contributed by atoms with Crippen molar-refractivity contribution in [3.05, 3.63) is 12.2 Å². The first-order valence-electron chi connectivity index (χ1n) is 7.29. The van der Waals surface area contributed by atoms with Crippen LogP contribution in [-0.2, 0) is 19.1 Å². The number of amides is 1. The van der Waals surface area contributed by atoms with E-state index in [0.717, 1.165) is 6.42 Å². The summed E-state index contributed by atoms with van der Waals surface area (Å²) in [6.07, 6.45) is 5.98. The third kappa shape index (κ3) is 3.43. The van der Waals surface area contributed by atoms with Gasteiger partial charge in [0, 0.05) is 13.1 Å². The molecule has 2 aliphatic rings. The Kier molecular flexibility index (Phi) is 4.98. The molecule has 1 fully saturated rings. The molecular weight excluding hydrogens is 274 g/mol. The van der Waals surface area contributed by atoms with Gasteiger partial charge >= 0.3 is 11.9 Å². The Balaban J connectivity index is 2.06. The van der Waals surface area contributed by atoms with Crippen molar-refractivity contribution in [1.29, 1.82) is 0 Å². The minimum absolute atomic E-state index is 0.152. The molecule has 0 aromatic carbocycles. The van der Waals surface area contributed by atoms with Crippen LogP contribution in [0.1, 0.15) is 25.7 Å². The average Bonchev–Trinajstić information content (AvgIpc) is 2.53. The maximum absolute atomic E-state index is 12.6. The first-order chi connectivity index (χ1) is 10.0. The van der Waals surface area contributed by atoms with Gasteiger partial charge in [-0.05, 0) is 25.7 Å². The van der Waals surface area contributed by atoms with Crippen LogP contribution in [0.3, 0.4) is 0 Å². The number of likely N-dealkylation sites (tertiary alicyclic amines) is 1. The van der Waals surface area contributed by atoms with Crippen LogP contribution < -0.4 is 0 Å². The molecule has 1 heterocycles. The van der Waals surface area contributed by atoms with E-state index in [-0.39, 0.29) is 17.8 Å². The second-order valence-corrected chi connectivity index (χ2v) is 5.64. The van der Waals surface area contributed by atoms with E-state index in [1.54, 1.807) is 4.90 Å². The Bertz CT molecular complexity index is 459. The third-order valence-corrected chi connectivity index (χ3v) is 4.33. The van der Waals surface area contributed by atoms with Crippen LogP contribution >= 0.6 is 0 Å². The molecule has 1 aliphatic carbocycles. The Labute approximate surface area is 123 Å². The summed E-state index contributed by atoms with van der Waals surface area (Å²) >= 11 is 0. The number of carboxylic acid groups (broad SMARTS) is 1. The standard InChI is InChI=1S/C15H21NO5/c1-21-15(20)10-5-4-8-16(9-10)13(17)11-6-2-3-7-12(11)14(18)19/h2-3,10-12H,4-9H2,1H3,(H,18,19)/t10?,11-,12+/m1/s1. The molecule has 0 aromatic rings. The van der Waals surface area contributed by atoms with Crippen molar-refractivity contribution in [2.75, 3.05) is 20.2 Å². The summed E-state index contributed by atoms with van der Waals surface area (Å²) in [7, 11) is 1.34. The lowest BCUT2D eigenvalue weighted by atomic mass is 9.81. The lowest BCUT2D eigenvalue weighted by molar-refractivity contribution is -0.154. The van der Waals surface area contributed by atoms with Gasteiger partial charge in [-0.1, -0.05) is 12.2 Å². The van der Waals surface area contributed by atoms with Crippen molar-refractivity contribution in [3.8, 4) is 0 Å². The molecule has 0 saturated carbocycles. The molecule has 2 rings (SSSR count). The predicted molar refractivity (Wildman–Crippen MR) is 74.3 cm³/mol. The van der Waals surface area contributed by atoms with Gasteiger partial charge in [-0.3, -0.25) is 14.4 Å². The fourth-order valence-corrected chi connectivity index (χ4v) is 3.13. The van der Waals surface area contributed by atoms with Crippen LogP contribution in [0, 0.1) is 17.8 Å². The van der Waals surface area contributed by atoms with Crippen molar-refractivity contribution in [2.24, 2.45) is 17.8 Å². The SMILES string of the molecule is COC(=O)C1CCCN(C(=O)[C@@H]2CC=CC[C@@H]2C(=O)O)C1. The molecule has 1 saturated heterocycles. The maximum Gasteiger partial charge on any atom is 0.310 e. The summed E-state index contributed by atoms with van der Waals surface area (Å²) in [5.41, 5.74) is 0. The molecule has 1 N–H and O–H groups in total. The molecule has 1 unspecified atom stereocenters. The normalized spacial score (nSPS) is 29.0. The summed E-state index contributed by atoms with van der Waals surface area (Å²) in [5, 5.41) is 9.26. The average molecular weight is 295 g/mol. The summed E-state index contributed by atoms with van der Waals surface area (Å²) in [6.45, 7) is 0.914. The maximum atomic E-state index is 12.6. The van der Waals surface area contributed by atoms with Gasteiger partial charge in [-0.2, -0.15) is 0 Å². The van der Waals surface area contributed by atoms with Gasteiger partial charge in [0.15, 0.2) is 0 Å². The topological polar surface area (TPSA) is 83.9 Å². The van der Waals surface area contributed by atoms with Gasteiger partial charge < -0.3 is 14.7 Å². The fourth-order valence-electron chi connectivity index (χ4n) is 3.13. The zero-order valence-corrected chi connectivity index (χ0v) is 12.2. The minimum atomic E-state index is -0.931. The number of carboxylic acids is 1. The van der Waals surface area contributed by atoms with E-state index in [0.29, 0.717) is 32.4 Å². The van der Waals surface area contributed by atoms with Crippen molar-refractivity contribution in [3.63, 3.8) is 0 Å². The number of carbonyl (C=O) groups excluding carboxylic acids is 2. The molecule has 0 bridgehead atoms. The lowest BCUT2D eigenvalue weighted by Crippen LogP contribution is -2.47. The zero-order chi connectivity index (χ0) is 15.4. The number of piperidine rings is 1. The number of nitrogens with zero attached hydrogens (tertiary/aromatic N) is 1. The highest BCUT2D eigenvalue weighted by Crippen LogP contribution is 2.29. The predicted octanol–water partition coefficient (Wildman–Crippen LogP) is 1.06. The van der Waals surface area contributed by atoms with Gasteiger partial charge in [0.05, 0.1) is 24.9 Å². The highest BCUT2D eigenvalue weighted by molar-refractivity contribution is 5.86. The van der Waals surface area contributed by atoms with E-state index in [2.05, 4.69) is 0 Å². The number of rotatable bonds is 3. The van der Waals surface area contributed by atoms with Crippen molar-refractivity contribution in [1.82, 2.24) is 4.90 Å². The van der Waals surface area contributed by atoms with Gasteiger partial charge in [-0.15, -0.1) is 0 Å². The molecule has 1 amide bonds. The number of esters is 1. The molecule has 116 valence electrons. The van der Waals surface area contributed by atoms with Gasteiger partial charge in [0.2, 0.25) is 5.91 Å². The van der Waals surface area contributed by atoms with Crippen LogP contribution in [0.5, 0.6) is 0 Å². The van der Waals surface area contributed by atoms with Gasteiger partial charge in [0.1, 0.15) is 0 Å². The number of allylic oxidation sites excluding steroid dienone is 2. The van der Waals surface area contributed by atoms with Crippen molar-refractivity contribution < 1.29 is 24.2 Å². The van der Waals surface area contributed by atoms with Gasteiger partial charge in [-0.25, -0.2) is 0 Å². The molecule has 0 spiro atoms. The van der Waals surface area contributed by atoms with E-state index in [1.165, 1.54) is 7.11 Å². The molecule has 21 heavy (non-hydrogen) atoms. The Morgan fingerprint density at radius 3 is 2.48 bits per heavy atom. The lowest BCUT2D eigenvalue weighted by Gasteiger charge is -2.35. The highest BCUT2D eigenvalue weighted by Gasteiger charge is 2.38. The number of carbonyl (C=O) groups is 3. The number of ether oxygens (including phenoxy) is 1. The summed E-state index contributed by atoms with van der Waals surface area (Å²) < 4.78 is 4.74. The van der Waals surface area contributed by atoms with Crippen molar-refractivity contribution in [2.45, 2.75) is 25.7 Å². The minimum Gasteiger partial charge on any atom is -0.481 e. The molecule has 3 atom stereocenters. The number of hydrogen-bond donors (Lipinski definition) is 1. The summed E-state index contributed by atoms with van der Waals surface area (Å²) in [4.78, 5) is 37.1. The molecular formula is C15H21NO5. The Hall–Kier alpha value is -1.85. The monoisotopic (exact) mass is 295 g/mol. The quantitative estimate of drug-likeness (QED) is 0.622. The Morgan fingerprint density at radius 1 is 1.19 bits per heavy atom. The van der Waals surface area contributed by atoms with Crippen LogP contribution in [0.4, 0.5) is 0 Å². The van der Waals surface area contributed by atoms with Gasteiger partial charge in [0.25, 0.3) is 0 Å².